The fraction of sp³-hybridized carbons (Fsp3) is 0.0435. The van der Waals surface area contributed by atoms with E-state index in [1.807, 2.05) is 91.0 Å². The van der Waals surface area contributed by atoms with Crippen LogP contribution in [0.3, 0.4) is 0 Å². The van der Waals surface area contributed by atoms with Gasteiger partial charge in [-0.2, -0.15) is 10.1 Å². The summed E-state index contributed by atoms with van der Waals surface area (Å²) in [6, 6.07) is 26.8. The lowest BCUT2D eigenvalue weighted by Crippen LogP contribution is -2.21. The number of hydrogen-bond acceptors (Lipinski definition) is 3. The molecule has 0 spiro atoms. The Morgan fingerprint density at radius 3 is 2.19 bits per heavy atom. The van der Waals surface area contributed by atoms with Crippen molar-refractivity contribution in [2.45, 2.75) is 0 Å². The lowest BCUT2D eigenvalue weighted by Gasteiger charge is -2.11. The Morgan fingerprint density at radius 2 is 1.48 bits per heavy atom. The first-order chi connectivity index (χ1) is 13.3. The number of methoxy groups -OCH3 is 1. The van der Waals surface area contributed by atoms with Crippen molar-refractivity contribution in [1.29, 1.82) is 0 Å². The van der Waals surface area contributed by atoms with Gasteiger partial charge in [-0.15, -0.1) is 0 Å². The summed E-state index contributed by atoms with van der Waals surface area (Å²) >= 11 is 0. The summed E-state index contributed by atoms with van der Waals surface area (Å²) < 4.78 is 5.43. The fourth-order valence-electron chi connectivity index (χ4n) is 3.04. The summed E-state index contributed by atoms with van der Waals surface area (Å²) in [4.78, 5) is 13.2. The Bertz CT molecular complexity index is 1020. The smallest absolute Gasteiger partial charge is 0.281 e. The maximum Gasteiger partial charge on any atom is 0.281 e. The third kappa shape index (κ3) is 3.25. The van der Waals surface area contributed by atoms with Crippen LogP contribution in [-0.4, -0.2) is 18.7 Å². The molecule has 0 aromatic heterocycles. The molecule has 132 valence electrons. The number of nitrogens with zero attached hydrogens (tertiary/aromatic N) is 2. The first kappa shape index (κ1) is 16.8. The van der Waals surface area contributed by atoms with Crippen LogP contribution in [0.2, 0.25) is 0 Å². The van der Waals surface area contributed by atoms with Crippen molar-refractivity contribution in [2.75, 3.05) is 12.1 Å². The number of carbonyl (C=O) groups excluding carboxylic acids is 1. The second-order valence-corrected chi connectivity index (χ2v) is 6.07. The van der Waals surface area contributed by atoms with Crippen molar-refractivity contribution < 1.29 is 9.53 Å². The molecule has 1 heterocycles. The minimum atomic E-state index is -0.161. The van der Waals surface area contributed by atoms with Gasteiger partial charge >= 0.3 is 0 Å². The highest BCUT2D eigenvalue weighted by atomic mass is 16.5. The number of para-hydroxylation sites is 2. The molecule has 0 bridgehead atoms. The van der Waals surface area contributed by atoms with Crippen molar-refractivity contribution in [2.24, 2.45) is 5.10 Å². The van der Waals surface area contributed by atoms with Gasteiger partial charge in [0.15, 0.2) is 0 Å². The van der Waals surface area contributed by atoms with Crippen LogP contribution in [0.1, 0.15) is 11.1 Å². The highest BCUT2D eigenvalue weighted by Crippen LogP contribution is 2.29. The number of hydrogen-bond donors (Lipinski definition) is 0. The van der Waals surface area contributed by atoms with Gasteiger partial charge < -0.3 is 4.74 Å². The molecule has 0 atom stereocenters. The summed E-state index contributed by atoms with van der Waals surface area (Å²) in [5.41, 5.74) is 3.65. The number of benzene rings is 3. The maximum atomic E-state index is 13.2. The van der Waals surface area contributed by atoms with Gasteiger partial charge in [0.05, 0.1) is 18.4 Å². The van der Waals surface area contributed by atoms with Crippen molar-refractivity contribution in [3.8, 4) is 5.75 Å². The molecule has 0 N–H and O–H groups in total. The molecular formula is C23H18N2O2. The van der Waals surface area contributed by atoms with Crippen molar-refractivity contribution in [3.63, 3.8) is 0 Å². The molecular weight excluding hydrogens is 336 g/mol. The molecule has 0 saturated heterocycles. The Morgan fingerprint density at radius 1 is 0.852 bits per heavy atom. The lowest BCUT2D eigenvalue weighted by atomic mass is 10.00. The lowest BCUT2D eigenvalue weighted by molar-refractivity contribution is -0.114. The van der Waals surface area contributed by atoms with Crippen LogP contribution >= 0.6 is 0 Å². The Hall–Kier alpha value is -3.66. The number of anilines is 1. The average Bonchev–Trinajstić information content (AvgIpc) is 3.06. The predicted molar refractivity (Wildman–Crippen MR) is 108 cm³/mol. The standard InChI is InChI=1S/C23H18N2O2/c1-27-21-15-9-8-12-18(21)16-20-22(17-10-4-2-5-11-17)24-25(23(20)26)19-13-6-3-7-14-19/h2-16H,1H3/b20-16+. The molecule has 0 aliphatic carbocycles. The highest BCUT2D eigenvalue weighted by molar-refractivity contribution is 6.37. The molecule has 0 saturated carbocycles. The number of carbonyl (C=O) groups is 1. The van der Waals surface area contributed by atoms with E-state index < -0.39 is 0 Å². The number of amides is 1. The molecule has 1 aliphatic heterocycles. The van der Waals surface area contributed by atoms with E-state index in [0.717, 1.165) is 16.8 Å². The Kier molecular flexibility index (Phi) is 4.54. The molecule has 4 heteroatoms. The molecule has 0 fully saturated rings. The first-order valence-electron chi connectivity index (χ1n) is 8.66. The zero-order valence-electron chi connectivity index (χ0n) is 14.9. The van der Waals surface area contributed by atoms with E-state index in [1.54, 1.807) is 7.11 Å². The van der Waals surface area contributed by atoms with Gasteiger partial charge in [0.2, 0.25) is 0 Å². The van der Waals surface area contributed by atoms with Gasteiger partial charge in [-0.3, -0.25) is 4.79 Å². The zero-order chi connectivity index (χ0) is 18.6. The number of hydrazone groups is 1. The van der Waals surface area contributed by atoms with E-state index >= 15 is 0 Å². The molecule has 0 unspecified atom stereocenters. The van der Waals surface area contributed by atoms with Gasteiger partial charge in [-0.05, 0) is 24.3 Å². The Labute approximate surface area is 158 Å². The SMILES string of the molecule is COc1ccccc1/C=C1/C(=O)N(c2ccccc2)N=C1c1ccccc1. The molecule has 4 rings (SSSR count). The van der Waals surface area contributed by atoms with Crippen LogP contribution in [-0.2, 0) is 4.79 Å². The van der Waals surface area contributed by atoms with Crippen LogP contribution in [0.15, 0.2) is 95.6 Å². The molecule has 0 radical (unpaired) electrons. The summed E-state index contributed by atoms with van der Waals surface area (Å²) in [7, 11) is 1.62. The van der Waals surface area contributed by atoms with Gasteiger partial charge in [-0.25, -0.2) is 0 Å². The van der Waals surface area contributed by atoms with Gasteiger partial charge in [0.25, 0.3) is 5.91 Å². The van der Waals surface area contributed by atoms with Crippen LogP contribution in [0.4, 0.5) is 5.69 Å². The quantitative estimate of drug-likeness (QED) is 0.646. The second kappa shape index (κ2) is 7.30. The monoisotopic (exact) mass is 354 g/mol. The molecule has 27 heavy (non-hydrogen) atoms. The molecule has 4 nitrogen and oxygen atoms in total. The van der Waals surface area contributed by atoms with Crippen LogP contribution in [0, 0.1) is 0 Å². The fourth-order valence-corrected chi connectivity index (χ4v) is 3.04. The highest BCUT2D eigenvalue weighted by Gasteiger charge is 2.32. The van der Waals surface area contributed by atoms with Gasteiger partial charge in [-0.1, -0.05) is 66.7 Å². The van der Waals surface area contributed by atoms with Gasteiger partial charge in [0.1, 0.15) is 11.5 Å². The van der Waals surface area contributed by atoms with Crippen LogP contribution in [0.5, 0.6) is 5.75 Å². The van der Waals surface area contributed by atoms with E-state index in [-0.39, 0.29) is 5.91 Å². The Balaban J connectivity index is 1.85. The number of ether oxygens (including phenoxy) is 1. The van der Waals surface area contributed by atoms with Crippen molar-refractivity contribution in [1.82, 2.24) is 0 Å². The van der Waals surface area contributed by atoms with Gasteiger partial charge in [0, 0.05) is 11.1 Å². The second-order valence-electron chi connectivity index (χ2n) is 6.07. The van der Waals surface area contributed by atoms with E-state index in [4.69, 9.17) is 4.74 Å². The number of rotatable bonds is 4. The van der Waals surface area contributed by atoms with E-state index in [0.29, 0.717) is 17.0 Å². The minimum Gasteiger partial charge on any atom is -0.496 e. The summed E-state index contributed by atoms with van der Waals surface area (Å²) in [6.07, 6.45) is 1.84. The summed E-state index contributed by atoms with van der Waals surface area (Å²) in [5, 5.41) is 6.08. The van der Waals surface area contributed by atoms with E-state index in [2.05, 4.69) is 5.10 Å². The molecule has 3 aromatic carbocycles. The topological polar surface area (TPSA) is 41.9 Å². The molecule has 1 aliphatic rings. The average molecular weight is 354 g/mol. The third-order valence-electron chi connectivity index (χ3n) is 4.36. The van der Waals surface area contributed by atoms with Crippen molar-refractivity contribution >= 4 is 23.4 Å². The maximum absolute atomic E-state index is 13.2. The zero-order valence-corrected chi connectivity index (χ0v) is 14.9. The van der Waals surface area contributed by atoms with Crippen LogP contribution in [0.25, 0.3) is 6.08 Å². The summed E-state index contributed by atoms with van der Waals surface area (Å²) in [5.74, 6) is 0.550. The van der Waals surface area contributed by atoms with Crippen molar-refractivity contribution in [3.05, 3.63) is 102 Å². The largest absolute Gasteiger partial charge is 0.496 e. The molecule has 1 amide bonds. The third-order valence-corrected chi connectivity index (χ3v) is 4.36. The summed E-state index contributed by atoms with van der Waals surface area (Å²) in [6.45, 7) is 0. The van der Waals surface area contributed by atoms with Crippen LogP contribution < -0.4 is 9.75 Å². The van der Waals surface area contributed by atoms with E-state index in [1.165, 1.54) is 5.01 Å². The minimum absolute atomic E-state index is 0.161. The first-order valence-corrected chi connectivity index (χ1v) is 8.66. The van der Waals surface area contributed by atoms with E-state index in [9.17, 15) is 4.79 Å². The predicted octanol–water partition coefficient (Wildman–Crippen LogP) is 4.53. The normalized spacial score (nSPS) is 15.1. The molecule has 3 aromatic rings.